The van der Waals surface area contributed by atoms with Gasteiger partial charge in [0.15, 0.2) is 0 Å². The number of pyridine rings is 1. The molecule has 1 aromatic carbocycles. The van der Waals surface area contributed by atoms with Crippen LogP contribution in [-0.4, -0.2) is 10.1 Å². The minimum absolute atomic E-state index is 0.247. The number of nitrogens with one attached hydrogen (secondary N) is 1. The molecule has 2 aromatic rings. The van der Waals surface area contributed by atoms with Gasteiger partial charge < -0.3 is 10.4 Å². The lowest BCUT2D eigenvalue weighted by Gasteiger charge is -2.07. The second-order valence-electron chi connectivity index (χ2n) is 3.52. The Morgan fingerprint density at radius 2 is 2.12 bits per heavy atom. The van der Waals surface area contributed by atoms with Crippen LogP contribution < -0.4 is 5.32 Å². The molecule has 0 aliphatic carbocycles. The molecule has 0 aliphatic rings. The van der Waals surface area contributed by atoms with Crippen LogP contribution in [-0.2, 0) is 6.54 Å². The molecule has 0 radical (unpaired) electrons. The minimum atomic E-state index is 0.247. The zero-order chi connectivity index (χ0) is 12.1. The average Bonchev–Trinajstić information content (AvgIpc) is 2.38. The van der Waals surface area contributed by atoms with E-state index in [2.05, 4.69) is 10.3 Å². The van der Waals surface area contributed by atoms with Gasteiger partial charge in [0.2, 0.25) is 0 Å². The normalized spacial score (nSPS) is 9.59. The largest absolute Gasteiger partial charge is 0.508 e. The molecular weight excluding hydrogens is 214 g/mol. The number of nitriles is 1. The highest BCUT2D eigenvalue weighted by molar-refractivity contribution is 5.44. The van der Waals surface area contributed by atoms with E-state index in [0.29, 0.717) is 17.9 Å². The third kappa shape index (κ3) is 2.73. The molecule has 2 N–H and O–H groups in total. The van der Waals surface area contributed by atoms with Crippen molar-refractivity contribution < 1.29 is 5.11 Å². The summed E-state index contributed by atoms with van der Waals surface area (Å²) in [7, 11) is 0. The summed E-state index contributed by atoms with van der Waals surface area (Å²) in [5.74, 6) is 0.865. The Labute approximate surface area is 99.2 Å². The number of rotatable bonds is 3. The molecule has 0 spiro atoms. The van der Waals surface area contributed by atoms with Gasteiger partial charge in [-0.05, 0) is 18.2 Å². The lowest BCUT2D eigenvalue weighted by atomic mass is 10.2. The lowest BCUT2D eigenvalue weighted by molar-refractivity contribution is 0.469. The number of benzene rings is 1. The number of nitrogens with zero attached hydrogens (tertiary/aromatic N) is 2. The highest BCUT2D eigenvalue weighted by atomic mass is 16.3. The molecule has 0 saturated carbocycles. The number of para-hydroxylation sites is 1. The highest BCUT2D eigenvalue weighted by Gasteiger charge is 2.00. The van der Waals surface area contributed by atoms with Crippen LogP contribution in [0.15, 0.2) is 42.6 Å². The molecule has 0 unspecified atom stereocenters. The summed E-state index contributed by atoms with van der Waals surface area (Å²) in [5, 5.41) is 21.4. The van der Waals surface area contributed by atoms with Gasteiger partial charge in [0, 0.05) is 18.3 Å². The van der Waals surface area contributed by atoms with Crippen molar-refractivity contribution in [3.8, 4) is 11.8 Å². The van der Waals surface area contributed by atoms with Gasteiger partial charge in [-0.15, -0.1) is 0 Å². The van der Waals surface area contributed by atoms with Crippen LogP contribution in [0.3, 0.4) is 0 Å². The monoisotopic (exact) mass is 225 g/mol. The summed E-state index contributed by atoms with van der Waals surface area (Å²) in [6.07, 6.45) is 1.58. The molecule has 4 heteroatoms. The van der Waals surface area contributed by atoms with Gasteiger partial charge in [-0.2, -0.15) is 5.26 Å². The quantitative estimate of drug-likeness (QED) is 0.840. The second kappa shape index (κ2) is 4.99. The number of hydrogen-bond donors (Lipinski definition) is 2. The first kappa shape index (κ1) is 11.0. The van der Waals surface area contributed by atoms with E-state index in [0.717, 1.165) is 5.56 Å². The first-order chi connectivity index (χ1) is 8.29. The summed E-state index contributed by atoms with van der Waals surface area (Å²) in [5.41, 5.74) is 1.34. The Hall–Kier alpha value is -2.54. The Kier molecular flexibility index (Phi) is 3.22. The van der Waals surface area contributed by atoms with E-state index >= 15 is 0 Å². The van der Waals surface area contributed by atoms with E-state index < -0.39 is 0 Å². The van der Waals surface area contributed by atoms with E-state index in [1.807, 2.05) is 18.2 Å². The molecule has 1 heterocycles. The molecule has 0 aliphatic heterocycles. The predicted octanol–water partition coefficient (Wildman–Crippen LogP) is 2.27. The van der Waals surface area contributed by atoms with Crippen molar-refractivity contribution in [3.63, 3.8) is 0 Å². The van der Waals surface area contributed by atoms with Crippen molar-refractivity contribution in [2.45, 2.75) is 6.54 Å². The Balaban J connectivity index is 2.08. The molecule has 4 nitrogen and oxygen atoms in total. The predicted molar refractivity (Wildman–Crippen MR) is 64.4 cm³/mol. The molecule has 0 fully saturated rings. The van der Waals surface area contributed by atoms with E-state index in [1.165, 1.54) is 0 Å². The Morgan fingerprint density at radius 1 is 1.29 bits per heavy atom. The van der Waals surface area contributed by atoms with Crippen LogP contribution >= 0.6 is 0 Å². The van der Waals surface area contributed by atoms with Crippen molar-refractivity contribution in [1.82, 2.24) is 4.98 Å². The van der Waals surface area contributed by atoms with Gasteiger partial charge in [-0.1, -0.05) is 18.2 Å². The van der Waals surface area contributed by atoms with E-state index in [-0.39, 0.29) is 5.75 Å². The third-order valence-corrected chi connectivity index (χ3v) is 2.34. The molecule has 0 atom stereocenters. The Morgan fingerprint density at radius 3 is 2.88 bits per heavy atom. The fraction of sp³-hybridized carbons (Fsp3) is 0.0769. The molecular formula is C13H11N3O. The van der Waals surface area contributed by atoms with Crippen molar-refractivity contribution in [2.75, 3.05) is 5.32 Å². The molecule has 17 heavy (non-hydrogen) atoms. The van der Waals surface area contributed by atoms with E-state index in [1.54, 1.807) is 30.5 Å². The fourth-order valence-corrected chi connectivity index (χ4v) is 1.44. The van der Waals surface area contributed by atoms with Gasteiger partial charge >= 0.3 is 0 Å². The SMILES string of the molecule is N#Cc1ccnc(NCc2ccccc2O)c1. The first-order valence-electron chi connectivity index (χ1n) is 5.16. The molecule has 0 saturated heterocycles. The van der Waals surface area contributed by atoms with Crippen LogP contribution in [0, 0.1) is 11.3 Å². The highest BCUT2D eigenvalue weighted by Crippen LogP contribution is 2.17. The smallest absolute Gasteiger partial charge is 0.127 e. The van der Waals surface area contributed by atoms with Crippen LogP contribution in [0.1, 0.15) is 11.1 Å². The maximum atomic E-state index is 9.58. The van der Waals surface area contributed by atoms with Gasteiger partial charge in [-0.25, -0.2) is 4.98 Å². The maximum Gasteiger partial charge on any atom is 0.127 e. The molecule has 84 valence electrons. The average molecular weight is 225 g/mol. The van der Waals surface area contributed by atoms with Crippen molar-refractivity contribution in [2.24, 2.45) is 0 Å². The molecule has 2 rings (SSSR count). The standard InChI is InChI=1S/C13H11N3O/c14-8-10-5-6-15-13(7-10)16-9-11-3-1-2-4-12(11)17/h1-7,17H,9H2,(H,15,16). The van der Waals surface area contributed by atoms with Crippen molar-refractivity contribution >= 4 is 5.82 Å². The molecule has 0 amide bonds. The zero-order valence-electron chi connectivity index (χ0n) is 9.09. The topological polar surface area (TPSA) is 68.9 Å². The van der Waals surface area contributed by atoms with E-state index in [4.69, 9.17) is 5.26 Å². The van der Waals surface area contributed by atoms with Gasteiger partial charge in [0.25, 0.3) is 0 Å². The number of phenols is 1. The summed E-state index contributed by atoms with van der Waals surface area (Å²) in [6.45, 7) is 0.467. The van der Waals surface area contributed by atoms with Crippen molar-refractivity contribution in [3.05, 3.63) is 53.7 Å². The van der Waals surface area contributed by atoms with Gasteiger partial charge in [0.1, 0.15) is 11.6 Å². The first-order valence-corrected chi connectivity index (χ1v) is 5.16. The number of aromatic hydroxyl groups is 1. The third-order valence-electron chi connectivity index (χ3n) is 2.34. The number of phenolic OH excluding ortho intramolecular Hbond substituents is 1. The number of aromatic nitrogens is 1. The van der Waals surface area contributed by atoms with E-state index in [9.17, 15) is 5.11 Å². The minimum Gasteiger partial charge on any atom is -0.508 e. The maximum absolute atomic E-state index is 9.58. The molecule has 0 bridgehead atoms. The zero-order valence-corrected chi connectivity index (χ0v) is 9.09. The summed E-state index contributed by atoms with van der Waals surface area (Å²) >= 11 is 0. The van der Waals surface area contributed by atoms with Crippen LogP contribution in [0.25, 0.3) is 0 Å². The number of anilines is 1. The fourth-order valence-electron chi connectivity index (χ4n) is 1.44. The van der Waals surface area contributed by atoms with Crippen LogP contribution in [0.5, 0.6) is 5.75 Å². The second-order valence-corrected chi connectivity index (χ2v) is 3.52. The molecule has 1 aromatic heterocycles. The Bertz CT molecular complexity index is 561. The number of hydrogen-bond acceptors (Lipinski definition) is 4. The summed E-state index contributed by atoms with van der Waals surface area (Å²) < 4.78 is 0. The van der Waals surface area contributed by atoms with Crippen LogP contribution in [0.4, 0.5) is 5.82 Å². The lowest BCUT2D eigenvalue weighted by Crippen LogP contribution is -2.01. The summed E-state index contributed by atoms with van der Waals surface area (Å²) in [6, 6.07) is 12.5. The van der Waals surface area contributed by atoms with Crippen molar-refractivity contribution in [1.29, 1.82) is 5.26 Å². The van der Waals surface area contributed by atoms with Gasteiger partial charge in [0.05, 0.1) is 11.6 Å². The van der Waals surface area contributed by atoms with Crippen LogP contribution in [0.2, 0.25) is 0 Å². The van der Waals surface area contributed by atoms with Gasteiger partial charge in [-0.3, -0.25) is 0 Å². The summed E-state index contributed by atoms with van der Waals surface area (Å²) in [4.78, 5) is 4.09.